The third-order valence-corrected chi connectivity index (χ3v) is 2.52. The van der Waals surface area contributed by atoms with E-state index < -0.39 is 10.1 Å². The summed E-state index contributed by atoms with van der Waals surface area (Å²) in [6.07, 6.45) is 0. The van der Waals surface area contributed by atoms with Crippen LogP contribution in [0, 0.1) is 11.3 Å². The van der Waals surface area contributed by atoms with Gasteiger partial charge in [-0.3, -0.25) is 4.55 Å². The molecule has 0 bridgehead atoms. The molecule has 0 radical (unpaired) electrons. The molecule has 1 rings (SSSR count). The van der Waals surface area contributed by atoms with Crippen LogP contribution in [0.4, 0.5) is 0 Å². The van der Waals surface area contributed by atoms with Gasteiger partial charge in [-0.25, -0.2) is 0 Å². The van der Waals surface area contributed by atoms with Crippen molar-refractivity contribution in [2.45, 2.75) is 11.8 Å². The molecule has 0 aliphatic rings. The van der Waals surface area contributed by atoms with Crippen LogP contribution in [0.2, 0.25) is 0 Å². The number of rotatable bonds is 3. The Morgan fingerprint density at radius 1 is 1.53 bits per heavy atom. The van der Waals surface area contributed by atoms with E-state index in [9.17, 15) is 8.42 Å². The monoisotopic (exact) mass is 227 g/mol. The molecule has 0 aliphatic heterocycles. The molecule has 0 atom stereocenters. The summed E-state index contributed by atoms with van der Waals surface area (Å²) in [4.78, 5) is -0.287. The molecule has 0 amide bonds. The smallest absolute Gasteiger partial charge is 0.294 e. The van der Waals surface area contributed by atoms with Crippen LogP contribution in [0.25, 0.3) is 0 Å². The number of nitriles is 1. The van der Waals surface area contributed by atoms with Gasteiger partial charge in [-0.05, 0) is 19.1 Å². The largest absolute Gasteiger partial charge is 0.492 e. The standard InChI is InChI=1S/C9H9NO4S/c1-2-14-9-5-8(15(11,12)13)4-3-7(9)6-10/h3-5H,2H2,1H3,(H,11,12,13). The Morgan fingerprint density at radius 2 is 2.20 bits per heavy atom. The summed E-state index contributed by atoms with van der Waals surface area (Å²) in [7, 11) is -4.26. The van der Waals surface area contributed by atoms with Gasteiger partial charge in [-0.15, -0.1) is 0 Å². The summed E-state index contributed by atoms with van der Waals surface area (Å²) >= 11 is 0. The molecule has 0 aromatic heterocycles. The minimum atomic E-state index is -4.26. The fourth-order valence-electron chi connectivity index (χ4n) is 1.03. The molecule has 0 heterocycles. The first-order valence-corrected chi connectivity index (χ1v) is 5.57. The van der Waals surface area contributed by atoms with Gasteiger partial charge in [0.05, 0.1) is 17.1 Å². The quantitative estimate of drug-likeness (QED) is 0.784. The summed E-state index contributed by atoms with van der Waals surface area (Å²) in [5.74, 6) is 0.148. The summed E-state index contributed by atoms with van der Waals surface area (Å²) in [5, 5.41) is 8.70. The summed E-state index contributed by atoms with van der Waals surface area (Å²) in [5.41, 5.74) is 0.226. The maximum Gasteiger partial charge on any atom is 0.294 e. The van der Waals surface area contributed by atoms with Crippen molar-refractivity contribution < 1.29 is 17.7 Å². The zero-order valence-electron chi connectivity index (χ0n) is 7.97. The highest BCUT2D eigenvalue weighted by Gasteiger charge is 2.13. The SMILES string of the molecule is CCOc1cc(S(=O)(=O)O)ccc1C#N. The van der Waals surface area contributed by atoms with Crippen LogP contribution in [0.5, 0.6) is 5.75 Å². The van der Waals surface area contributed by atoms with Crippen LogP contribution in [-0.4, -0.2) is 19.6 Å². The van der Waals surface area contributed by atoms with Crippen molar-refractivity contribution in [2.24, 2.45) is 0 Å². The molecule has 0 aliphatic carbocycles. The summed E-state index contributed by atoms with van der Waals surface area (Å²) in [6, 6.07) is 5.42. The van der Waals surface area contributed by atoms with Crippen molar-refractivity contribution in [1.29, 1.82) is 5.26 Å². The van der Waals surface area contributed by atoms with Crippen molar-refractivity contribution in [3.63, 3.8) is 0 Å². The molecule has 0 spiro atoms. The summed E-state index contributed by atoms with van der Waals surface area (Å²) in [6.45, 7) is 2.02. The minimum absolute atomic E-state index is 0.148. The second-order valence-corrected chi connectivity index (χ2v) is 4.10. The van der Waals surface area contributed by atoms with E-state index in [1.807, 2.05) is 6.07 Å². The Balaban J connectivity index is 3.30. The normalized spacial score (nSPS) is 10.7. The van der Waals surface area contributed by atoms with Crippen LogP contribution in [0.3, 0.4) is 0 Å². The lowest BCUT2D eigenvalue weighted by molar-refractivity contribution is 0.338. The first-order chi connectivity index (χ1) is 6.99. The Kier molecular flexibility index (Phi) is 3.29. The molecule has 0 fully saturated rings. The van der Waals surface area contributed by atoms with Crippen molar-refractivity contribution in [3.05, 3.63) is 23.8 Å². The second kappa shape index (κ2) is 4.29. The Hall–Kier alpha value is -1.58. The fraction of sp³-hybridized carbons (Fsp3) is 0.222. The zero-order valence-corrected chi connectivity index (χ0v) is 8.78. The van der Waals surface area contributed by atoms with Gasteiger partial charge in [0.25, 0.3) is 10.1 Å². The average Bonchev–Trinajstić information content (AvgIpc) is 2.17. The van der Waals surface area contributed by atoms with Gasteiger partial charge in [0.1, 0.15) is 11.8 Å². The number of nitrogens with zero attached hydrogens (tertiary/aromatic N) is 1. The third kappa shape index (κ3) is 2.68. The van der Waals surface area contributed by atoms with E-state index in [2.05, 4.69) is 0 Å². The fourth-order valence-corrected chi connectivity index (χ4v) is 1.53. The van der Waals surface area contributed by atoms with Crippen LogP contribution in [0.15, 0.2) is 23.1 Å². The van der Waals surface area contributed by atoms with Crippen LogP contribution in [0.1, 0.15) is 12.5 Å². The predicted molar refractivity (Wildman–Crippen MR) is 52.1 cm³/mol. The van der Waals surface area contributed by atoms with Crippen molar-refractivity contribution in [1.82, 2.24) is 0 Å². The molecule has 0 unspecified atom stereocenters. The van der Waals surface area contributed by atoms with Gasteiger partial charge < -0.3 is 4.74 Å². The third-order valence-electron chi connectivity index (χ3n) is 1.67. The molecule has 1 aromatic carbocycles. The van der Waals surface area contributed by atoms with E-state index in [-0.39, 0.29) is 16.2 Å². The predicted octanol–water partition coefficient (Wildman–Crippen LogP) is 1.20. The Labute approximate surface area is 87.7 Å². The molecule has 0 saturated carbocycles. The molecule has 0 saturated heterocycles. The molecular weight excluding hydrogens is 218 g/mol. The van der Waals surface area contributed by atoms with E-state index >= 15 is 0 Å². The molecule has 1 N–H and O–H groups in total. The maximum absolute atomic E-state index is 10.8. The van der Waals surface area contributed by atoms with Crippen LogP contribution < -0.4 is 4.74 Å². The first-order valence-electron chi connectivity index (χ1n) is 4.13. The lowest BCUT2D eigenvalue weighted by atomic mass is 10.2. The van der Waals surface area contributed by atoms with E-state index in [1.165, 1.54) is 6.07 Å². The molecule has 15 heavy (non-hydrogen) atoms. The molecule has 1 aromatic rings. The Bertz CT molecular complexity index is 501. The van der Waals surface area contributed by atoms with E-state index in [0.29, 0.717) is 6.61 Å². The van der Waals surface area contributed by atoms with Crippen LogP contribution >= 0.6 is 0 Å². The number of hydrogen-bond donors (Lipinski definition) is 1. The lowest BCUT2D eigenvalue weighted by Crippen LogP contribution is -2.01. The lowest BCUT2D eigenvalue weighted by Gasteiger charge is -2.06. The van der Waals surface area contributed by atoms with Gasteiger partial charge in [0.15, 0.2) is 0 Å². The highest BCUT2D eigenvalue weighted by Crippen LogP contribution is 2.22. The number of hydrogen-bond acceptors (Lipinski definition) is 4. The van der Waals surface area contributed by atoms with E-state index in [1.54, 1.807) is 6.92 Å². The number of benzene rings is 1. The summed E-state index contributed by atoms with van der Waals surface area (Å²) < 4.78 is 35.5. The van der Waals surface area contributed by atoms with Gasteiger partial charge in [-0.2, -0.15) is 13.7 Å². The van der Waals surface area contributed by atoms with Gasteiger partial charge in [0.2, 0.25) is 0 Å². The Morgan fingerprint density at radius 3 is 2.67 bits per heavy atom. The maximum atomic E-state index is 10.8. The molecule has 5 nitrogen and oxygen atoms in total. The highest BCUT2D eigenvalue weighted by atomic mass is 32.2. The molecular formula is C9H9NO4S. The van der Waals surface area contributed by atoms with Crippen molar-refractivity contribution >= 4 is 10.1 Å². The van der Waals surface area contributed by atoms with Gasteiger partial charge in [-0.1, -0.05) is 0 Å². The van der Waals surface area contributed by atoms with Crippen LogP contribution in [-0.2, 0) is 10.1 Å². The first kappa shape index (κ1) is 11.5. The van der Waals surface area contributed by atoms with E-state index in [4.69, 9.17) is 14.6 Å². The van der Waals surface area contributed by atoms with E-state index in [0.717, 1.165) is 12.1 Å². The average molecular weight is 227 g/mol. The zero-order chi connectivity index (χ0) is 11.5. The van der Waals surface area contributed by atoms with Gasteiger partial charge >= 0.3 is 0 Å². The highest BCUT2D eigenvalue weighted by molar-refractivity contribution is 7.85. The second-order valence-electron chi connectivity index (χ2n) is 2.68. The molecule has 80 valence electrons. The topological polar surface area (TPSA) is 87.4 Å². The van der Waals surface area contributed by atoms with Gasteiger partial charge in [0, 0.05) is 6.07 Å². The minimum Gasteiger partial charge on any atom is -0.492 e. The number of ether oxygens (including phenoxy) is 1. The van der Waals surface area contributed by atoms with Crippen molar-refractivity contribution in [2.75, 3.05) is 6.61 Å². The molecule has 6 heteroatoms. The van der Waals surface area contributed by atoms with Crippen molar-refractivity contribution in [3.8, 4) is 11.8 Å².